The second-order valence-electron chi connectivity index (χ2n) is 7.96. The Morgan fingerprint density at radius 2 is 2.09 bits per heavy atom. The van der Waals surface area contributed by atoms with Gasteiger partial charge in [-0.15, -0.1) is 0 Å². The smallest absolute Gasteiger partial charge is 0.325 e. The second-order valence-corrected chi connectivity index (χ2v) is 7.96. The van der Waals surface area contributed by atoms with Gasteiger partial charge in [-0.2, -0.15) is 0 Å². The third-order valence-corrected chi connectivity index (χ3v) is 4.69. The summed E-state index contributed by atoms with van der Waals surface area (Å²) in [7, 11) is 0. The van der Waals surface area contributed by atoms with Gasteiger partial charge < -0.3 is 16.4 Å². The molecule has 2 unspecified atom stereocenters. The number of amides is 4. The van der Waals surface area contributed by atoms with Crippen LogP contribution < -0.4 is 16.4 Å². The number of nitrogens with zero attached hydrogens (tertiary/aromatic N) is 1. The molecule has 7 nitrogen and oxygen atoms in total. The number of hydrogen-bond donors (Lipinski definition) is 3. The quantitative estimate of drug-likeness (QED) is 0.658. The van der Waals surface area contributed by atoms with Crippen LogP contribution in [-0.2, 0) is 9.59 Å². The lowest BCUT2D eigenvalue weighted by atomic mass is 9.64. The van der Waals surface area contributed by atoms with E-state index in [4.69, 9.17) is 5.73 Å². The minimum atomic E-state index is -0.863. The highest BCUT2D eigenvalue weighted by atomic mass is 16.2. The van der Waals surface area contributed by atoms with Crippen molar-refractivity contribution in [2.45, 2.75) is 58.5 Å². The van der Waals surface area contributed by atoms with Crippen LogP contribution in [0, 0.1) is 11.3 Å². The number of imide groups is 1. The van der Waals surface area contributed by atoms with Crippen molar-refractivity contribution in [1.29, 1.82) is 0 Å². The van der Waals surface area contributed by atoms with Crippen LogP contribution in [0.25, 0.3) is 0 Å². The highest BCUT2D eigenvalue weighted by molar-refractivity contribution is 6.09. The predicted molar refractivity (Wildman–Crippen MR) is 86.4 cm³/mol. The lowest BCUT2D eigenvalue weighted by Crippen LogP contribution is -2.54. The van der Waals surface area contributed by atoms with Gasteiger partial charge in [-0.3, -0.25) is 14.5 Å². The molecule has 7 heteroatoms. The summed E-state index contributed by atoms with van der Waals surface area (Å²) in [6.45, 7) is 8.15. The molecule has 2 rings (SSSR count). The minimum absolute atomic E-state index is 0.0209. The SMILES string of the molecule is CC1CC(C)(C)CC2(C1)NC(=O)N(CC(=O)N[C@@H](C)CN)C2=O. The zero-order chi connectivity index (χ0) is 17.4. The van der Waals surface area contributed by atoms with Crippen molar-refractivity contribution in [3.8, 4) is 0 Å². The van der Waals surface area contributed by atoms with Gasteiger partial charge in [0.05, 0.1) is 0 Å². The Balaban J connectivity index is 2.12. The molecular formula is C16H28N4O3. The molecule has 1 spiro atoms. The molecule has 2 aliphatic rings. The molecule has 1 heterocycles. The Kier molecular flexibility index (Phi) is 4.71. The number of rotatable bonds is 4. The lowest BCUT2D eigenvalue weighted by Gasteiger charge is -2.43. The molecule has 1 aliphatic carbocycles. The van der Waals surface area contributed by atoms with Crippen molar-refractivity contribution in [2.75, 3.05) is 13.1 Å². The Bertz CT molecular complexity index is 519. The van der Waals surface area contributed by atoms with Gasteiger partial charge in [0.15, 0.2) is 0 Å². The normalized spacial score (nSPS) is 31.2. The van der Waals surface area contributed by atoms with E-state index < -0.39 is 11.6 Å². The molecule has 2 fully saturated rings. The number of carbonyl (C=O) groups excluding carboxylic acids is 3. The molecule has 23 heavy (non-hydrogen) atoms. The molecule has 0 aromatic rings. The summed E-state index contributed by atoms with van der Waals surface area (Å²) in [6, 6.07) is -0.665. The van der Waals surface area contributed by atoms with Crippen LogP contribution in [0.3, 0.4) is 0 Å². The first-order chi connectivity index (χ1) is 10.6. The Hall–Kier alpha value is -1.63. The molecule has 0 aromatic heterocycles. The predicted octanol–water partition coefficient (Wildman–Crippen LogP) is 0.587. The first-order valence-corrected chi connectivity index (χ1v) is 8.22. The third kappa shape index (κ3) is 3.65. The first kappa shape index (κ1) is 17.7. The van der Waals surface area contributed by atoms with Crippen LogP contribution in [0.15, 0.2) is 0 Å². The highest BCUT2D eigenvalue weighted by Crippen LogP contribution is 2.46. The van der Waals surface area contributed by atoms with E-state index in [1.807, 2.05) is 0 Å². The van der Waals surface area contributed by atoms with Crippen LogP contribution in [0.4, 0.5) is 4.79 Å². The number of nitrogens with two attached hydrogens (primary N) is 1. The molecule has 3 atom stereocenters. The van der Waals surface area contributed by atoms with Crippen LogP contribution in [0.1, 0.15) is 47.0 Å². The molecule has 4 N–H and O–H groups in total. The van der Waals surface area contributed by atoms with E-state index in [-0.39, 0.29) is 29.8 Å². The maximum atomic E-state index is 12.9. The van der Waals surface area contributed by atoms with Crippen LogP contribution in [0.5, 0.6) is 0 Å². The summed E-state index contributed by atoms with van der Waals surface area (Å²) in [6.07, 6.45) is 2.25. The van der Waals surface area contributed by atoms with E-state index in [0.29, 0.717) is 25.3 Å². The zero-order valence-electron chi connectivity index (χ0n) is 14.4. The molecule has 130 valence electrons. The Morgan fingerprint density at radius 3 is 2.65 bits per heavy atom. The summed E-state index contributed by atoms with van der Waals surface area (Å²) < 4.78 is 0. The van der Waals surface area contributed by atoms with E-state index in [9.17, 15) is 14.4 Å². The van der Waals surface area contributed by atoms with E-state index in [1.54, 1.807) is 6.92 Å². The highest BCUT2D eigenvalue weighted by Gasteiger charge is 2.56. The van der Waals surface area contributed by atoms with Gasteiger partial charge in [-0.1, -0.05) is 20.8 Å². The second kappa shape index (κ2) is 6.11. The van der Waals surface area contributed by atoms with Crippen molar-refractivity contribution in [1.82, 2.24) is 15.5 Å². The van der Waals surface area contributed by atoms with Gasteiger partial charge in [0.25, 0.3) is 5.91 Å². The maximum absolute atomic E-state index is 12.9. The average Bonchev–Trinajstić information content (AvgIpc) is 2.60. The minimum Gasteiger partial charge on any atom is -0.351 e. The molecule has 0 radical (unpaired) electrons. The molecule has 0 bridgehead atoms. The molecular weight excluding hydrogens is 296 g/mol. The fourth-order valence-corrected chi connectivity index (χ4v) is 4.17. The summed E-state index contributed by atoms with van der Waals surface area (Å²) >= 11 is 0. The van der Waals surface area contributed by atoms with Gasteiger partial charge in [0, 0.05) is 12.6 Å². The monoisotopic (exact) mass is 324 g/mol. The number of urea groups is 1. The Labute approximate surface area is 137 Å². The number of nitrogens with one attached hydrogen (secondary N) is 2. The van der Waals surface area contributed by atoms with Gasteiger partial charge in [-0.25, -0.2) is 4.79 Å². The van der Waals surface area contributed by atoms with Crippen molar-refractivity contribution in [3.05, 3.63) is 0 Å². The average molecular weight is 324 g/mol. The van der Waals surface area contributed by atoms with Crippen molar-refractivity contribution in [2.24, 2.45) is 17.1 Å². The van der Waals surface area contributed by atoms with Crippen LogP contribution >= 0.6 is 0 Å². The van der Waals surface area contributed by atoms with E-state index >= 15 is 0 Å². The zero-order valence-corrected chi connectivity index (χ0v) is 14.4. The van der Waals surface area contributed by atoms with E-state index in [1.165, 1.54) is 0 Å². The summed E-state index contributed by atoms with van der Waals surface area (Å²) in [4.78, 5) is 38.1. The Morgan fingerprint density at radius 1 is 1.43 bits per heavy atom. The molecule has 1 saturated heterocycles. The van der Waals surface area contributed by atoms with Crippen LogP contribution in [0.2, 0.25) is 0 Å². The molecule has 4 amide bonds. The van der Waals surface area contributed by atoms with Crippen molar-refractivity contribution < 1.29 is 14.4 Å². The summed E-state index contributed by atoms with van der Waals surface area (Å²) in [5, 5.41) is 5.54. The largest absolute Gasteiger partial charge is 0.351 e. The number of hydrogen-bond acceptors (Lipinski definition) is 4. The number of carbonyl (C=O) groups is 3. The van der Waals surface area contributed by atoms with Gasteiger partial charge in [0.2, 0.25) is 5.91 Å². The molecule has 0 aromatic carbocycles. The summed E-state index contributed by atoms with van der Waals surface area (Å²) in [5.74, 6) is -0.307. The maximum Gasteiger partial charge on any atom is 0.325 e. The van der Waals surface area contributed by atoms with Gasteiger partial charge in [-0.05, 0) is 37.5 Å². The van der Waals surface area contributed by atoms with Gasteiger partial charge >= 0.3 is 6.03 Å². The molecule has 1 aliphatic heterocycles. The fraction of sp³-hybridized carbons (Fsp3) is 0.812. The van der Waals surface area contributed by atoms with Crippen molar-refractivity contribution in [3.63, 3.8) is 0 Å². The van der Waals surface area contributed by atoms with E-state index in [0.717, 1.165) is 11.3 Å². The summed E-state index contributed by atoms with van der Waals surface area (Å²) in [5.41, 5.74) is 4.58. The standard InChI is InChI=1S/C16H28N4O3/c1-10-5-15(3,4)9-16(6-10)13(22)20(14(23)19-16)8-12(21)18-11(2)7-17/h10-11H,5-9,17H2,1-4H3,(H,18,21)(H,19,23)/t10?,11-,16?/m0/s1. The topological polar surface area (TPSA) is 105 Å². The van der Waals surface area contributed by atoms with E-state index in [2.05, 4.69) is 31.4 Å². The third-order valence-electron chi connectivity index (χ3n) is 4.69. The molecule has 1 saturated carbocycles. The van der Waals surface area contributed by atoms with Crippen LogP contribution in [-0.4, -0.2) is 47.4 Å². The lowest BCUT2D eigenvalue weighted by molar-refractivity contribution is -0.137. The van der Waals surface area contributed by atoms with Crippen molar-refractivity contribution >= 4 is 17.8 Å². The van der Waals surface area contributed by atoms with Gasteiger partial charge in [0.1, 0.15) is 12.1 Å². The first-order valence-electron chi connectivity index (χ1n) is 8.22. The fourth-order valence-electron chi connectivity index (χ4n) is 4.17.